The van der Waals surface area contributed by atoms with Gasteiger partial charge in [-0.25, -0.2) is 0 Å². The fourth-order valence-corrected chi connectivity index (χ4v) is 3.84. The highest BCUT2D eigenvalue weighted by molar-refractivity contribution is 6.31. The SMILES string of the molecule is O=C(Cc1cc2c(cc1Cl)OCCO2)N1CCCCC1c1ccccn1. The van der Waals surface area contributed by atoms with E-state index in [9.17, 15) is 4.79 Å². The predicted molar refractivity (Wildman–Crippen MR) is 98.7 cm³/mol. The second-order valence-electron chi connectivity index (χ2n) is 6.62. The first-order chi connectivity index (χ1) is 12.7. The van der Waals surface area contributed by atoms with Crippen molar-refractivity contribution in [2.24, 2.45) is 0 Å². The largest absolute Gasteiger partial charge is 0.486 e. The van der Waals surface area contributed by atoms with Gasteiger partial charge in [0.15, 0.2) is 11.5 Å². The van der Waals surface area contributed by atoms with Gasteiger partial charge in [-0.3, -0.25) is 9.78 Å². The molecule has 26 heavy (non-hydrogen) atoms. The molecular weight excluding hydrogens is 352 g/mol. The molecule has 1 atom stereocenters. The minimum Gasteiger partial charge on any atom is -0.486 e. The van der Waals surface area contributed by atoms with Crippen LogP contribution >= 0.6 is 11.6 Å². The van der Waals surface area contributed by atoms with Gasteiger partial charge in [-0.05, 0) is 43.0 Å². The van der Waals surface area contributed by atoms with Crippen LogP contribution in [-0.2, 0) is 11.2 Å². The van der Waals surface area contributed by atoms with Crippen molar-refractivity contribution in [1.82, 2.24) is 9.88 Å². The van der Waals surface area contributed by atoms with Gasteiger partial charge in [0.25, 0.3) is 0 Å². The van der Waals surface area contributed by atoms with Gasteiger partial charge in [-0.15, -0.1) is 0 Å². The number of aromatic nitrogens is 1. The summed E-state index contributed by atoms with van der Waals surface area (Å²) in [5, 5.41) is 0.536. The summed E-state index contributed by atoms with van der Waals surface area (Å²) in [6.07, 6.45) is 5.10. The van der Waals surface area contributed by atoms with Crippen molar-refractivity contribution in [3.05, 3.63) is 52.8 Å². The number of rotatable bonds is 3. The average molecular weight is 373 g/mol. The third kappa shape index (κ3) is 3.49. The van der Waals surface area contributed by atoms with Crippen LogP contribution in [0.25, 0.3) is 0 Å². The number of hydrogen-bond acceptors (Lipinski definition) is 4. The van der Waals surface area contributed by atoms with Crippen LogP contribution < -0.4 is 9.47 Å². The van der Waals surface area contributed by atoms with Gasteiger partial charge in [0.05, 0.1) is 18.2 Å². The number of nitrogens with zero attached hydrogens (tertiary/aromatic N) is 2. The number of hydrogen-bond donors (Lipinski definition) is 0. The van der Waals surface area contributed by atoms with Crippen molar-refractivity contribution >= 4 is 17.5 Å². The van der Waals surface area contributed by atoms with Crippen molar-refractivity contribution in [3.8, 4) is 11.5 Å². The molecule has 0 N–H and O–H groups in total. The number of halogens is 1. The number of piperidine rings is 1. The molecule has 4 rings (SSSR count). The summed E-state index contributed by atoms with van der Waals surface area (Å²) in [4.78, 5) is 19.4. The number of ether oxygens (including phenoxy) is 2. The fourth-order valence-electron chi connectivity index (χ4n) is 3.62. The molecule has 1 unspecified atom stereocenters. The first-order valence-corrected chi connectivity index (χ1v) is 9.38. The van der Waals surface area contributed by atoms with E-state index in [4.69, 9.17) is 21.1 Å². The number of fused-ring (bicyclic) bond motifs is 1. The van der Waals surface area contributed by atoms with Crippen molar-refractivity contribution in [1.29, 1.82) is 0 Å². The van der Waals surface area contributed by atoms with Gasteiger partial charge in [-0.1, -0.05) is 17.7 Å². The van der Waals surface area contributed by atoms with E-state index in [-0.39, 0.29) is 18.4 Å². The van der Waals surface area contributed by atoms with Crippen LogP contribution in [0.15, 0.2) is 36.5 Å². The lowest BCUT2D eigenvalue weighted by atomic mass is 9.97. The normalized spacial score (nSPS) is 19.3. The highest BCUT2D eigenvalue weighted by atomic mass is 35.5. The van der Waals surface area contributed by atoms with E-state index in [1.54, 1.807) is 12.3 Å². The maximum absolute atomic E-state index is 13.0. The zero-order chi connectivity index (χ0) is 17.9. The van der Waals surface area contributed by atoms with Crippen LogP contribution in [0.1, 0.15) is 36.6 Å². The van der Waals surface area contributed by atoms with Crippen LogP contribution in [0.4, 0.5) is 0 Å². The van der Waals surface area contributed by atoms with Crippen molar-refractivity contribution in [3.63, 3.8) is 0 Å². The van der Waals surface area contributed by atoms with Crippen molar-refractivity contribution in [2.75, 3.05) is 19.8 Å². The number of carbonyl (C=O) groups excluding carboxylic acids is 1. The lowest BCUT2D eigenvalue weighted by Crippen LogP contribution is -2.39. The minimum absolute atomic E-state index is 0.0356. The Morgan fingerprint density at radius 3 is 2.77 bits per heavy atom. The Kier molecular flexibility index (Phi) is 4.98. The Balaban J connectivity index is 1.55. The molecule has 2 aliphatic rings. The lowest BCUT2D eigenvalue weighted by molar-refractivity contribution is -0.134. The van der Waals surface area contributed by atoms with Gasteiger partial charge in [0, 0.05) is 23.8 Å². The topological polar surface area (TPSA) is 51.7 Å². The van der Waals surface area contributed by atoms with E-state index in [1.165, 1.54) is 0 Å². The Bertz CT molecular complexity index is 797. The van der Waals surface area contributed by atoms with Gasteiger partial charge >= 0.3 is 0 Å². The Morgan fingerprint density at radius 1 is 1.19 bits per heavy atom. The van der Waals surface area contributed by atoms with Gasteiger partial charge < -0.3 is 14.4 Å². The molecule has 5 nitrogen and oxygen atoms in total. The molecule has 0 aliphatic carbocycles. The molecular formula is C20H21ClN2O3. The standard InChI is InChI=1S/C20H21ClN2O3/c21-15-13-19-18(25-9-10-26-19)11-14(15)12-20(24)23-8-4-2-6-17(23)16-5-1-3-7-22-16/h1,3,5,7,11,13,17H,2,4,6,8-10,12H2. The average Bonchev–Trinajstić information content (AvgIpc) is 2.69. The van der Waals surface area contributed by atoms with Crippen LogP contribution in [0.2, 0.25) is 5.02 Å². The minimum atomic E-state index is 0.0356. The zero-order valence-electron chi connectivity index (χ0n) is 14.5. The Morgan fingerprint density at radius 2 is 2.00 bits per heavy atom. The molecule has 1 saturated heterocycles. The lowest BCUT2D eigenvalue weighted by Gasteiger charge is -2.35. The summed E-state index contributed by atoms with van der Waals surface area (Å²) >= 11 is 6.38. The first-order valence-electron chi connectivity index (χ1n) is 9.01. The van der Waals surface area contributed by atoms with Crippen LogP contribution in [0, 0.1) is 0 Å². The summed E-state index contributed by atoms with van der Waals surface area (Å²) in [6, 6.07) is 9.46. The highest BCUT2D eigenvalue weighted by Crippen LogP contribution is 2.36. The molecule has 0 radical (unpaired) electrons. The second-order valence-corrected chi connectivity index (χ2v) is 7.02. The maximum Gasteiger partial charge on any atom is 0.227 e. The molecule has 1 amide bonds. The van der Waals surface area contributed by atoms with Crippen molar-refractivity contribution < 1.29 is 14.3 Å². The highest BCUT2D eigenvalue weighted by Gasteiger charge is 2.29. The molecule has 3 heterocycles. The smallest absolute Gasteiger partial charge is 0.227 e. The number of amides is 1. The van der Waals surface area contributed by atoms with Crippen molar-refractivity contribution in [2.45, 2.75) is 31.7 Å². The molecule has 1 aromatic carbocycles. The summed E-state index contributed by atoms with van der Waals surface area (Å²) < 4.78 is 11.2. The first kappa shape index (κ1) is 17.2. The molecule has 2 aromatic rings. The van der Waals surface area contributed by atoms with Crippen LogP contribution in [0.3, 0.4) is 0 Å². The monoisotopic (exact) mass is 372 g/mol. The summed E-state index contributed by atoms with van der Waals surface area (Å²) in [5.74, 6) is 1.36. The second kappa shape index (κ2) is 7.54. The summed E-state index contributed by atoms with van der Waals surface area (Å²) in [7, 11) is 0. The molecule has 0 spiro atoms. The zero-order valence-corrected chi connectivity index (χ0v) is 15.2. The van der Waals surface area contributed by atoms with Gasteiger partial charge in [0.1, 0.15) is 13.2 Å². The number of pyridine rings is 1. The summed E-state index contributed by atoms with van der Waals surface area (Å²) in [6.45, 7) is 1.78. The van der Waals surface area contributed by atoms with E-state index in [0.29, 0.717) is 29.7 Å². The van der Waals surface area contributed by atoms with E-state index in [1.807, 2.05) is 29.2 Å². The molecule has 0 bridgehead atoms. The predicted octanol–water partition coefficient (Wildman–Crippen LogP) is 3.80. The molecule has 6 heteroatoms. The maximum atomic E-state index is 13.0. The summed E-state index contributed by atoms with van der Waals surface area (Å²) in [5.41, 5.74) is 1.72. The third-order valence-corrected chi connectivity index (χ3v) is 5.26. The van der Waals surface area contributed by atoms with Gasteiger partial charge in [-0.2, -0.15) is 0 Å². The molecule has 0 saturated carbocycles. The third-order valence-electron chi connectivity index (χ3n) is 4.91. The van der Waals surface area contributed by atoms with Crippen LogP contribution in [0.5, 0.6) is 11.5 Å². The Hall–Kier alpha value is -2.27. The molecule has 1 fully saturated rings. The van der Waals surface area contributed by atoms with E-state index >= 15 is 0 Å². The molecule has 136 valence electrons. The Labute approximate surface area is 157 Å². The number of benzene rings is 1. The molecule has 1 aromatic heterocycles. The van der Waals surface area contributed by atoms with E-state index in [2.05, 4.69) is 4.98 Å². The molecule has 2 aliphatic heterocycles. The quantitative estimate of drug-likeness (QED) is 0.822. The van der Waals surface area contributed by atoms with E-state index in [0.717, 1.165) is 37.1 Å². The fraction of sp³-hybridized carbons (Fsp3) is 0.400. The number of likely N-dealkylation sites (tertiary alicyclic amines) is 1. The van der Waals surface area contributed by atoms with E-state index < -0.39 is 0 Å². The van der Waals surface area contributed by atoms with Gasteiger partial charge in [0.2, 0.25) is 5.91 Å². The van der Waals surface area contributed by atoms with Crippen LogP contribution in [-0.4, -0.2) is 35.5 Å². The number of carbonyl (C=O) groups is 1.